The van der Waals surface area contributed by atoms with Crippen LogP contribution in [0.5, 0.6) is 5.75 Å². The van der Waals surface area contributed by atoms with Crippen LogP contribution in [0, 0.1) is 6.92 Å². The van der Waals surface area contributed by atoms with E-state index in [1.165, 1.54) is 14.0 Å². The van der Waals surface area contributed by atoms with E-state index < -0.39 is 17.9 Å². The van der Waals surface area contributed by atoms with E-state index >= 15 is 0 Å². The molecule has 0 radical (unpaired) electrons. The van der Waals surface area contributed by atoms with Crippen LogP contribution in [0.3, 0.4) is 0 Å². The van der Waals surface area contributed by atoms with Crippen molar-refractivity contribution in [1.29, 1.82) is 0 Å². The summed E-state index contributed by atoms with van der Waals surface area (Å²) in [5.41, 5.74) is -0.517. The minimum Gasteiger partial charge on any atom is -0.495 e. The van der Waals surface area contributed by atoms with Crippen molar-refractivity contribution < 1.29 is 22.7 Å². The molecule has 162 valence electrons. The predicted octanol–water partition coefficient (Wildman–Crippen LogP) is 4.26. The van der Waals surface area contributed by atoms with Crippen molar-refractivity contribution in [1.82, 2.24) is 15.3 Å². The molecule has 0 unspecified atom stereocenters. The zero-order valence-electron chi connectivity index (χ0n) is 16.4. The van der Waals surface area contributed by atoms with Gasteiger partial charge in [-0.2, -0.15) is 13.2 Å². The molecule has 1 saturated heterocycles. The van der Waals surface area contributed by atoms with Gasteiger partial charge in [-0.1, -0.05) is 11.6 Å². The number of urea groups is 1. The van der Waals surface area contributed by atoms with Gasteiger partial charge in [0.25, 0.3) is 0 Å². The van der Waals surface area contributed by atoms with Gasteiger partial charge in [-0.05, 0) is 38.0 Å². The van der Waals surface area contributed by atoms with Gasteiger partial charge in [0.15, 0.2) is 0 Å². The molecule has 30 heavy (non-hydrogen) atoms. The highest BCUT2D eigenvalue weighted by Gasteiger charge is 2.34. The van der Waals surface area contributed by atoms with Gasteiger partial charge in [-0.15, -0.1) is 0 Å². The third kappa shape index (κ3) is 5.44. The SMILES string of the molecule is COc1ccc(Cl)cc1NC(=O)NC1CCN(c2cc(C(F)(F)F)nc(C)n2)CC1. The van der Waals surface area contributed by atoms with Crippen LogP contribution in [-0.2, 0) is 6.18 Å². The van der Waals surface area contributed by atoms with Gasteiger partial charge in [-0.25, -0.2) is 14.8 Å². The lowest BCUT2D eigenvalue weighted by Crippen LogP contribution is -2.46. The molecule has 11 heteroatoms. The summed E-state index contributed by atoms with van der Waals surface area (Å²) in [4.78, 5) is 21.7. The highest BCUT2D eigenvalue weighted by Crippen LogP contribution is 2.30. The van der Waals surface area contributed by atoms with E-state index in [1.54, 1.807) is 23.1 Å². The molecule has 0 bridgehead atoms. The maximum absolute atomic E-state index is 13.0. The molecular formula is C19H21ClF3N5O2. The van der Waals surface area contributed by atoms with Crippen molar-refractivity contribution >= 4 is 29.1 Å². The minimum atomic E-state index is -4.53. The smallest absolute Gasteiger partial charge is 0.433 e. The molecule has 0 spiro atoms. The summed E-state index contributed by atoms with van der Waals surface area (Å²) in [6.07, 6.45) is -3.41. The van der Waals surface area contributed by atoms with Crippen LogP contribution in [0.25, 0.3) is 0 Å². The first-order chi connectivity index (χ1) is 14.2. The third-order valence-corrected chi connectivity index (χ3v) is 4.91. The number of amides is 2. The summed E-state index contributed by atoms with van der Waals surface area (Å²) in [6, 6.07) is 5.30. The Hall–Kier alpha value is -2.75. The van der Waals surface area contributed by atoms with Crippen molar-refractivity contribution in [3.63, 3.8) is 0 Å². The summed E-state index contributed by atoms with van der Waals surface area (Å²) in [6.45, 7) is 2.35. The Morgan fingerprint density at radius 3 is 2.57 bits per heavy atom. The van der Waals surface area contributed by atoms with Crippen LogP contribution < -0.4 is 20.3 Å². The first-order valence-corrected chi connectivity index (χ1v) is 9.62. The van der Waals surface area contributed by atoms with Gasteiger partial charge in [0.2, 0.25) is 0 Å². The van der Waals surface area contributed by atoms with E-state index in [-0.39, 0.29) is 17.7 Å². The maximum Gasteiger partial charge on any atom is 0.433 e. The Bertz CT molecular complexity index is 918. The predicted molar refractivity (Wildman–Crippen MR) is 107 cm³/mol. The lowest BCUT2D eigenvalue weighted by Gasteiger charge is -2.33. The third-order valence-electron chi connectivity index (χ3n) is 4.68. The van der Waals surface area contributed by atoms with E-state index in [4.69, 9.17) is 16.3 Å². The van der Waals surface area contributed by atoms with Gasteiger partial charge in [-0.3, -0.25) is 0 Å². The zero-order chi connectivity index (χ0) is 21.9. The lowest BCUT2D eigenvalue weighted by atomic mass is 10.1. The molecule has 2 amide bonds. The summed E-state index contributed by atoms with van der Waals surface area (Å²) >= 11 is 5.96. The number of anilines is 2. The summed E-state index contributed by atoms with van der Waals surface area (Å²) in [5.74, 6) is 0.778. The number of hydrogen-bond acceptors (Lipinski definition) is 5. The second-order valence-corrected chi connectivity index (χ2v) is 7.30. The average Bonchev–Trinajstić information content (AvgIpc) is 2.67. The van der Waals surface area contributed by atoms with Crippen LogP contribution in [0.1, 0.15) is 24.4 Å². The van der Waals surface area contributed by atoms with Gasteiger partial charge in [0, 0.05) is 30.2 Å². The Labute approximate surface area is 176 Å². The summed E-state index contributed by atoms with van der Waals surface area (Å²) in [7, 11) is 1.49. The van der Waals surface area contributed by atoms with E-state index in [0.29, 0.717) is 42.4 Å². The fraction of sp³-hybridized carbons (Fsp3) is 0.421. The van der Waals surface area contributed by atoms with Crippen LogP contribution in [0.2, 0.25) is 5.02 Å². The molecule has 2 N–H and O–H groups in total. The Balaban J connectivity index is 1.58. The van der Waals surface area contributed by atoms with Crippen LogP contribution in [0.4, 0.5) is 29.5 Å². The number of carbonyl (C=O) groups is 1. The molecule has 0 aliphatic carbocycles. The molecule has 1 aliphatic rings. The number of hydrogen-bond donors (Lipinski definition) is 2. The highest BCUT2D eigenvalue weighted by atomic mass is 35.5. The Morgan fingerprint density at radius 1 is 1.23 bits per heavy atom. The van der Waals surface area contributed by atoms with Crippen LogP contribution in [0.15, 0.2) is 24.3 Å². The number of halogens is 4. The topological polar surface area (TPSA) is 79.4 Å². The van der Waals surface area contributed by atoms with Gasteiger partial charge in [0.1, 0.15) is 23.1 Å². The van der Waals surface area contributed by atoms with E-state index in [0.717, 1.165) is 6.07 Å². The number of piperidine rings is 1. The number of benzene rings is 1. The van der Waals surface area contributed by atoms with E-state index in [2.05, 4.69) is 20.6 Å². The second-order valence-electron chi connectivity index (χ2n) is 6.86. The number of alkyl halides is 3. The number of carbonyl (C=O) groups excluding carboxylic acids is 1. The Kier molecular flexibility index (Phi) is 6.55. The van der Waals surface area contributed by atoms with Crippen molar-refractivity contribution in [3.8, 4) is 5.75 Å². The number of aryl methyl sites for hydroxylation is 1. The van der Waals surface area contributed by atoms with Crippen molar-refractivity contribution in [2.75, 3.05) is 30.4 Å². The van der Waals surface area contributed by atoms with Crippen molar-refractivity contribution in [2.45, 2.75) is 32.0 Å². The van der Waals surface area contributed by atoms with Gasteiger partial charge < -0.3 is 20.3 Å². The van der Waals surface area contributed by atoms with E-state index in [9.17, 15) is 18.0 Å². The molecule has 0 atom stereocenters. The fourth-order valence-corrected chi connectivity index (χ4v) is 3.41. The number of rotatable bonds is 4. The fourth-order valence-electron chi connectivity index (χ4n) is 3.23. The number of ether oxygens (including phenoxy) is 1. The summed E-state index contributed by atoms with van der Waals surface area (Å²) in [5, 5.41) is 6.03. The molecule has 2 aromatic rings. The quantitative estimate of drug-likeness (QED) is 0.738. The minimum absolute atomic E-state index is 0.0647. The first kappa shape index (κ1) is 21.9. The molecule has 7 nitrogen and oxygen atoms in total. The van der Waals surface area contributed by atoms with Gasteiger partial charge in [0.05, 0.1) is 12.8 Å². The molecule has 3 rings (SSSR count). The molecule has 1 aliphatic heterocycles. The number of nitrogens with zero attached hydrogens (tertiary/aromatic N) is 3. The molecule has 0 saturated carbocycles. The largest absolute Gasteiger partial charge is 0.495 e. The molecule has 1 fully saturated rings. The molecular weight excluding hydrogens is 423 g/mol. The second kappa shape index (κ2) is 8.95. The maximum atomic E-state index is 13.0. The molecule has 1 aromatic heterocycles. The van der Waals surface area contributed by atoms with E-state index in [1.807, 2.05) is 0 Å². The standard InChI is InChI=1S/C19H21ClF3N5O2/c1-11-24-16(19(21,22)23)10-17(25-11)28-7-5-13(6-8-28)26-18(29)27-14-9-12(20)3-4-15(14)30-2/h3-4,9-10,13H,5-8H2,1-2H3,(H2,26,27,29). The van der Waals surface area contributed by atoms with Crippen molar-refractivity contribution in [3.05, 3.63) is 40.8 Å². The molecule has 2 heterocycles. The normalized spacial score (nSPS) is 15.1. The van der Waals surface area contributed by atoms with Crippen LogP contribution in [-0.4, -0.2) is 42.2 Å². The van der Waals surface area contributed by atoms with Crippen molar-refractivity contribution in [2.24, 2.45) is 0 Å². The highest BCUT2D eigenvalue weighted by molar-refractivity contribution is 6.31. The number of methoxy groups -OCH3 is 1. The summed E-state index contributed by atoms with van der Waals surface area (Å²) < 4.78 is 44.2. The first-order valence-electron chi connectivity index (χ1n) is 9.24. The number of nitrogens with one attached hydrogen (secondary N) is 2. The number of aromatic nitrogens is 2. The molecule has 1 aromatic carbocycles. The van der Waals surface area contributed by atoms with Gasteiger partial charge >= 0.3 is 12.2 Å². The zero-order valence-corrected chi connectivity index (χ0v) is 17.1. The lowest BCUT2D eigenvalue weighted by molar-refractivity contribution is -0.141. The Morgan fingerprint density at radius 2 is 1.93 bits per heavy atom. The monoisotopic (exact) mass is 443 g/mol. The van der Waals surface area contributed by atoms with Crippen LogP contribution >= 0.6 is 11.6 Å². The average molecular weight is 444 g/mol.